The largest absolute Gasteiger partial charge is 0.490 e. The summed E-state index contributed by atoms with van der Waals surface area (Å²) in [5, 5.41) is 9.03. The van der Waals surface area contributed by atoms with Crippen LogP contribution in [0.4, 0.5) is 0 Å². The molecular formula is C18H21N3O. The van der Waals surface area contributed by atoms with Gasteiger partial charge in [-0.3, -0.25) is 0 Å². The molecule has 1 aliphatic rings. The molecule has 3 rings (SSSR count). The fraction of sp³-hybridized carbons (Fsp3) is 0.444. The predicted octanol–water partition coefficient (Wildman–Crippen LogP) is 3.85. The van der Waals surface area contributed by atoms with E-state index in [-0.39, 0.29) is 6.10 Å². The lowest BCUT2D eigenvalue weighted by Crippen LogP contribution is -2.31. The summed E-state index contributed by atoms with van der Waals surface area (Å²) in [6, 6.07) is 9.61. The molecule has 1 N–H and O–H groups in total. The zero-order valence-electron chi connectivity index (χ0n) is 12.7. The minimum absolute atomic E-state index is 0.134. The first-order valence-electron chi connectivity index (χ1n) is 7.99. The highest BCUT2D eigenvalue weighted by Crippen LogP contribution is 2.30. The van der Waals surface area contributed by atoms with Crippen LogP contribution in [0.5, 0.6) is 5.75 Å². The standard InChI is InChI=1S/C18H21N3O/c19-11-14-5-4-8-17(9-14)22-18(10-16-12-20-13-21-16)15-6-2-1-3-7-15/h4-5,8-9,12-13,15,18H,1-3,6-7,10H2,(H,20,21). The Kier molecular flexibility index (Phi) is 4.75. The van der Waals surface area contributed by atoms with Crippen LogP contribution in [0.2, 0.25) is 0 Å². The number of nitrogens with one attached hydrogen (secondary N) is 1. The normalized spacial score (nSPS) is 16.9. The van der Waals surface area contributed by atoms with Gasteiger partial charge in [-0.15, -0.1) is 0 Å². The van der Waals surface area contributed by atoms with Crippen molar-refractivity contribution in [1.82, 2.24) is 9.97 Å². The summed E-state index contributed by atoms with van der Waals surface area (Å²) >= 11 is 0. The van der Waals surface area contributed by atoms with E-state index in [2.05, 4.69) is 16.0 Å². The Hall–Kier alpha value is -2.28. The van der Waals surface area contributed by atoms with Gasteiger partial charge in [-0.1, -0.05) is 25.3 Å². The van der Waals surface area contributed by atoms with Crippen LogP contribution in [-0.2, 0) is 6.42 Å². The van der Waals surface area contributed by atoms with E-state index in [0.717, 1.165) is 17.9 Å². The van der Waals surface area contributed by atoms with Gasteiger partial charge >= 0.3 is 0 Å². The molecule has 1 aromatic heterocycles. The first-order chi connectivity index (χ1) is 10.8. The first-order valence-corrected chi connectivity index (χ1v) is 7.99. The average Bonchev–Trinajstić information content (AvgIpc) is 3.08. The highest BCUT2D eigenvalue weighted by molar-refractivity contribution is 5.36. The van der Waals surface area contributed by atoms with Gasteiger partial charge in [0.25, 0.3) is 0 Å². The lowest BCUT2D eigenvalue weighted by molar-refractivity contribution is 0.107. The van der Waals surface area contributed by atoms with Crippen molar-refractivity contribution in [3.8, 4) is 11.8 Å². The van der Waals surface area contributed by atoms with Crippen LogP contribution in [0, 0.1) is 17.2 Å². The summed E-state index contributed by atoms with van der Waals surface area (Å²) in [7, 11) is 0. The van der Waals surface area contributed by atoms with Gasteiger partial charge in [0.05, 0.1) is 18.0 Å². The molecule has 114 valence electrons. The zero-order chi connectivity index (χ0) is 15.2. The van der Waals surface area contributed by atoms with E-state index >= 15 is 0 Å². The van der Waals surface area contributed by atoms with Gasteiger partial charge in [0.1, 0.15) is 11.9 Å². The first kappa shape index (κ1) is 14.6. The van der Waals surface area contributed by atoms with E-state index in [1.54, 1.807) is 12.4 Å². The topological polar surface area (TPSA) is 61.7 Å². The minimum Gasteiger partial charge on any atom is -0.490 e. The Morgan fingerprint density at radius 3 is 2.91 bits per heavy atom. The van der Waals surface area contributed by atoms with E-state index in [0.29, 0.717) is 11.5 Å². The van der Waals surface area contributed by atoms with E-state index < -0.39 is 0 Å². The molecule has 2 aromatic rings. The predicted molar refractivity (Wildman–Crippen MR) is 84.4 cm³/mol. The minimum atomic E-state index is 0.134. The molecular weight excluding hydrogens is 274 g/mol. The molecule has 4 nitrogen and oxygen atoms in total. The highest BCUT2D eigenvalue weighted by Gasteiger charge is 2.26. The molecule has 1 unspecified atom stereocenters. The Labute approximate surface area is 131 Å². The molecule has 1 aromatic carbocycles. The SMILES string of the molecule is N#Cc1cccc(OC(Cc2cnc[nH]2)C2CCCCC2)c1. The van der Waals surface area contributed by atoms with Crippen molar-refractivity contribution in [2.45, 2.75) is 44.6 Å². The third kappa shape index (κ3) is 3.67. The third-order valence-corrected chi connectivity index (χ3v) is 4.40. The van der Waals surface area contributed by atoms with Crippen LogP contribution in [0.1, 0.15) is 43.4 Å². The maximum atomic E-state index is 9.03. The van der Waals surface area contributed by atoms with Crippen LogP contribution in [0.3, 0.4) is 0 Å². The second-order valence-corrected chi connectivity index (χ2v) is 5.97. The number of aromatic amines is 1. The lowest BCUT2D eigenvalue weighted by Gasteiger charge is -2.30. The molecule has 1 atom stereocenters. The van der Waals surface area contributed by atoms with Gasteiger partial charge < -0.3 is 9.72 Å². The van der Waals surface area contributed by atoms with Crippen molar-refractivity contribution in [2.24, 2.45) is 5.92 Å². The van der Waals surface area contributed by atoms with Crippen molar-refractivity contribution < 1.29 is 4.74 Å². The van der Waals surface area contributed by atoms with E-state index in [9.17, 15) is 0 Å². The summed E-state index contributed by atoms with van der Waals surface area (Å²) < 4.78 is 6.27. The average molecular weight is 295 g/mol. The molecule has 4 heteroatoms. The number of H-pyrrole nitrogens is 1. The number of imidazole rings is 1. The highest BCUT2D eigenvalue weighted by atomic mass is 16.5. The summed E-state index contributed by atoms with van der Waals surface area (Å²) in [5.74, 6) is 1.36. The molecule has 0 amide bonds. The second-order valence-electron chi connectivity index (χ2n) is 5.97. The molecule has 1 aliphatic carbocycles. The van der Waals surface area contributed by atoms with Crippen LogP contribution < -0.4 is 4.74 Å². The van der Waals surface area contributed by atoms with Crippen LogP contribution >= 0.6 is 0 Å². The molecule has 0 aliphatic heterocycles. The summed E-state index contributed by atoms with van der Waals surface area (Å²) in [6.45, 7) is 0. The third-order valence-electron chi connectivity index (χ3n) is 4.40. The molecule has 1 fully saturated rings. The monoisotopic (exact) mass is 295 g/mol. The van der Waals surface area contributed by atoms with Crippen molar-refractivity contribution >= 4 is 0 Å². The van der Waals surface area contributed by atoms with Crippen molar-refractivity contribution in [3.05, 3.63) is 48.0 Å². The number of rotatable bonds is 5. The van der Waals surface area contributed by atoms with Crippen LogP contribution in [0.25, 0.3) is 0 Å². The van der Waals surface area contributed by atoms with E-state index in [1.165, 1.54) is 32.1 Å². The van der Waals surface area contributed by atoms with Crippen LogP contribution in [0.15, 0.2) is 36.8 Å². The van der Waals surface area contributed by atoms with Crippen molar-refractivity contribution in [1.29, 1.82) is 5.26 Å². The maximum Gasteiger partial charge on any atom is 0.121 e. The molecule has 1 saturated carbocycles. The maximum absolute atomic E-state index is 9.03. The lowest BCUT2D eigenvalue weighted by atomic mass is 9.83. The Balaban J connectivity index is 1.76. The second kappa shape index (κ2) is 7.13. The van der Waals surface area contributed by atoms with Crippen molar-refractivity contribution in [3.63, 3.8) is 0 Å². The number of hydrogen-bond acceptors (Lipinski definition) is 3. The Bertz CT molecular complexity index is 624. The molecule has 1 heterocycles. The van der Waals surface area contributed by atoms with E-state index in [4.69, 9.17) is 10.00 Å². The summed E-state index contributed by atoms with van der Waals surface area (Å²) in [5.41, 5.74) is 1.74. The molecule has 0 radical (unpaired) electrons. The van der Waals surface area contributed by atoms with Gasteiger partial charge in [-0.2, -0.15) is 5.26 Å². The van der Waals surface area contributed by atoms with Gasteiger partial charge in [0.2, 0.25) is 0 Å². The smallest absolute Gasteiger partial charge is 0.121 e. The Morgan fingerprint density at radius 2 is 2.18 bits per heavy atom. The Morgan fingerprint density at radius 1 is 1.32 bits per heavy atom. The number of benzene rings is 1. The van der Waals surface area contributed by atoms with Gasteiger partial charge in [-0.25, -0.2) is 4.98 Å². The molecule has 0 spiro atoms. The van der Waals surface area contributed by atoms with Crippen molar-refractivity contribution in [2.75, 3.05) is 0 Å². The number of aromatic nitrogens is 2. The summed E-state index contributed by atoms with van der Waals surface area (Å²) in [6.07, 6.45) is 10.9. The quantitative estimate of drug-likeness (QED) is 0.911. The fourth-order valence-electron chi connectivity index (χ4n) is 3.24. The zero-order valence-corrected chi connectivity index (χ0v) is 12.7. The molecule has 22 heavy (non-hydrogen) atoms. The van der Waals surface area contributed by atoms with Gasteiger partial charge in [0.15, 0.2) is 0 Å². The number of hydrogen-bond donors (Lipinski definition) is 1. The fourth-order valence-corrected chi connectivity index (χ4v) is 3.24. The number of nitrogens with zero attached hydrogens (tertiary/aromatic N) is 2. The summed E-state index contributed by atoms with van der Waals surface area (Å²) in [4.78, 5) is 7.27. The number of ether oxygens (including phenoxy) is 1. The van der Waals surface area contributed by atoms with Gasteiger partial charge in [-0.05, 0) is 37.0 Å². The molecule has 0 saturated heterocycles. The number of nitriles is 1. The molecule has 0 bridgehead atoms. The van der Waals surface area contributed by atoms with E-state index in [1.807, 2.05) is 24.4 Å². The van der Waals surface area contributed by atoms with Crippen LogP contribution in [-0.4, -0.2) is 16.1 Å². The van der Waals surface area contributed by atoms with Gasteiger partial charge in [0, 0.05) is 18.3 Å².